The van der Waals surface area contributed by atoms with Gasteiger partial charge in [0, 0.05) is 16.9 Å². The van der Waals surface area contributed by atoms with Crippen molar-refractivity contribution in [3.8, 4) is 22.3 Å². The molecule has 0 heterocycles. The standard InChI is InChI=1S/C37H35NO/c1-36(2,3)25-15-19-27(20-16-25)38(28-21-17-26(18-22-28)37(4,5)6)32-14-10-13-30-31-23-24-11-8-7-9-12-29(24)33(31)35(39)34(30)32/h7-23H,1-6H3. The lowest BCUT2D eigenvalue weighted by Gasteiger charge is -2.29. The van der Waals surface area contributed by atoms with E-state index in [1.165, 1.54) is 11.1 Å². The number of hydrogen-bond donors (Lipinski definition) is 0. The third-order valence-corrected chi connectivity index (χ3v) is 7.92. The lowest BCUT2D eigenvalue weighted by atomic mass is 9.86. The number of carbonyl (C=O) groups excluding carboxylic acids is 1. The Kier molecular flexibility index (Phi) is 5.77. The van der Waals surface area contributed by atoms with Crippen LogP contribution in [-0.2, 0) is 10.8 Å². The molecule has 3 aliphatic carbocycles. The van der Waals surface area contributed by atoms with Gasteiger partial charge < -0.3 is 4.90 Å². The Morgan fingerprint density at radius 1 is 0.513 bits per heavy atom. The van der Waals surface area contributed by atoms with E-state index in [2.05, 4.69) is 131 Å². The van der Waals surface area contributed by atoms with Crippen molar-refractivity contribution in [1.82, 2.24) is 0 Å². The quantitative estimate of drug-likeness (QED) is 0.236. The summed E-state index contributed by atoms with van der Waals surface area (Å²) in [5.41, 5.74) is 11.4. The zero-order chi connectivity index (χ0) is 27.5. The van der Waals surface area contributed by atoms with Crippen LogP contribution in [0, 0.1) is 0 Å². The Bertz CT molecular complexity index is 1600. The van der Waals surface area contributed by atoms with Crippen molar-refractivity contribution >= 4 is 22.8 Å². The lowest BCUT2D eigenvalue weighted by molar-refractivity contribution is 0.104. The molecule has 0 radical (unpaired) electrons. The van der Waals surface area contributed by atoms with Crippen LogP contribution in [0.4, 0.5) is 17.1 Å². The van der Waals surface area contributed by atoms with Crippen molar-refractivity contribution in [2.24, 2.45) is 0 Å². The molecule has 0 bridgehead atoms. The maximum atomic E-state index is 14.2. The van der Waals surface area contributed by atoms with Crippen LogP contribution in [0.2, 0.25) is 0 Å². The summed E-state index contributed by atoms with van der Waals surface area (Å²) in [7, 11) is 0. The van der Waals surface area contributed by atoms with Crippen LogP contribution in [0.15, 0.2) is 103 Å². The minimum Gasteiger partial charge on any atom is -0.310 e. The van der Waals surface area contributed by atoms with Gasteiger partial charge in [-0.2, -0.15) is 0 Å². The van der Waals surface area contributed by atoms with Gasteiger partial charge in [-0.3, -0.25) is 4.79 Å². The maximum absolute atomic E-state index is 14.2. The predicted octanol–water partition coefficient (Wildman–Crippen LogP) is 10.1. The van der Waals surface area contributed by atoms with Crippen molar-refractivity contribution in [3.05, 3.63) is 125 Å². The van der Waals surface area contributed by atoms with E-state index in [1.807, 2.05) is 18.2 Å². The third kappa shape index (κ3) is 4.25. The minimum absolute atomic E-state index is 0.0613. The van der Waals surface area contributed by atoms with Crippen molar-refractivity contribution in [3.63, 3.8) is 0 Å². The van der Waals surface area contributed by atoms with E-state index < -0.39 is 0 Å². The van der Waals surface area contributed by atoms with Crippen molar-refractivity contribution in [2.45, 2.75) is 52.4 Å². The second kappa shape index (κ2) is 8.95. The molecule has 0 N–H and O–H groups in total. The number of ketones is 1. The molecule has 3 aliphatic rings. The van der Waals surface area contributed by atoms with Gasteiger partial charge in [0.2, 0.25) is 0 Å². The number of nitrogens with zero attached hydrogens (tertiary/aromatic N) is 1. The molecule has 0 fully saturated rings. The summed E-state index contributed by atoms with van der Waals surface area (Å²) in [6.45, 7) is 13.4. The van der Waals surface area contributed by atoms with Gasteiger partial charge in [0.05, 0.1) is 11.3 Å². The molecule has 0 amide bonds. The largest absolute Gasteiger partial charge is 0.310 e. The Labute approximate surface area is 232 Å². The van der Waals surface area contributed by atoms with E-state index in [0.29, 0.717) is 0 Å². The number of hydrogen-bond acceptors (Lipinski definition) is 2. The summed E-state index contributed by atoms with van der Waals surface area (Å²) in [5, 5.41) is 0. The average molecular weight is 510 g/mol. The first-order valence-corrected chi connectivity index (χ1v) is 13.7. The molecule has 2 heteroatoms. The minimum atomic E-state index is 0.0613. The van der Waals surface area contributed by atoms with Gasteiger partial charge in [-0.25, -0.2) is 0 Å². The van der Waals surface area contributed by atoms with E-state index in [9.17, 15) is 4.79 Å². The molecule has 0 spiro atoms. The van der Waals surface area contributed by atoms with Crippen LogP contribution in [-0.4, -0.2) is 5.78 Å². The lowest BCUT2D eigenvalue weighted by Crippen LogP contribution is -2.16. The average Bonchev–Trinajstić information content (AvgIpc) is 3.28. The zero-order valence-electron chi connectivity index (χ0n) is 23.7. The molecule has 2 nitrogen and oxygen atoms in total. The van der Waals surface area contributed by atoms with Crippen LogP contribution >= 0.6 is 0 Å². The van der Waals surface area contributed by atoms with Gasteiger partial charge in [-0.05, 0) is 80.6 Å². The van der Waals surface area contributed by atoms with Gasteiger partial charge in [0.1, 0.15) is 0 Å². The summed E-state index contributed by atoms with van der Waals surface area (Å²) < 4.78 is 0. The molecule has 0 atom stereocenters. The van der Waals surface area contributed by atoms with Gasteiger partial charge >= 0.3 is 0 Å². The number of benzene rings is 3. The zero-order valence-corrected chi connectivity index (χ0v) is 23.7. The first kappa shape index (κ1) is 25.1. The molecule has 194 valence electrons. The molecule has 39 heavy (non-hydrogen) atoms. The normalized spacial score (nSPS) is 12.9. The first-order chi connectivity index (χ1) is 18.5. The van der Waals surface area contributed by atoms with Crippen molar-refractivity contribution in [1.29, 1.82) is 0 Å². The van der Waals surface area contributed by atoms with Crippen LogP contribution in [0.25, 0.3) is 22.3 Å². The molecule has 0 saturated heterocycles. The summed E-state index contributed by atoms with van der Waals surface area (Å²) in [6, 6.07) is 36.2. The molecular weight excluding hydrogens is 474 g/mol. The van der Waals surface area contributed by atoms with Crippen molar-refractivity contribution in [2.75, 3.05) is 4.90 Å². The fourth-order valence-electron chi connectivity index (χ4n) is 5.71. The second-order valence-corrected chi connectivity index (χ2v) is 12.7. The van der Waals surface area contributed by atoms with E-state index in [4.69, 9.17) is 0 Å². The highest BCUT2D eigenvalue weighted by atomic mass is 16.1. The molecular formula is C37H35NO. The van der Waals surface area contributed by atoms with Gasteiger partial charge in [-0.15, -0.1) is 0 Å². The monoisotopic (exact) mass is 509 g/mol. The third-order valence-electron chi connectivity index (χ3n) is 7.92. The summed E-state index contributed by atoms with van der Waals surface area (Å²) in [5.74, 6) is 0.0967. The Balaban J connectivity index is 1.55. The van der Waals surface area contributed by atoms with Gasteiger partial charge in [0.25, 0.3) is 0 Å². The van der Waals surface area contributed by atoms with Gasteiger partial charge in [-0.1, -0.05) is 108 Å². The van der Waals surface area contributed by atoms with Crippen molar-refractivity contribution < 1.29 is 4.79 Å². The van der Waals surface area contributed by atoms with Crippen LogP contribution in [0.3, 0.4) is 0 Å². The summed E-state index contributed by atoms with van der Waals surface area (Å²) in [6.07, 6.45) is 0. The molecule has 0 aliphatic heterocycles. The number of rotatable bonds is 3. The van der Waals surface area contributed by atoms with E-state index in [0.717, 1.165) is 50.4 Å². The number of fused-ring (bicyclic) bond motifs is 5. The highest BCUT2D eigenvalue weighted by molar-refractivity contribution is 6.28. The maximum Gasteiger partial charge on any atom is 0.197 e. The summed E-state index contributed by atoms with van der Waals surface area (Å²) in [4.78, 5) is 16.4. The number of anilines is 3. The molecule has 6 rings (SSSR count). The second-order valence-electron chi connectivity index (χ2n) is 12.7. The van der Waals surface area contributed by atoms with E-state index in [1.54, 1.807) is 0 Å². The SMILES string of the molecule is CC(C)(C)c1ccc(N(c2ccc(C(C)(C)C)cc2)c2cccc3c2C(=O)c2c4cccccc-4cc2-3)cc1. The first-order valence-electron chi connectivity index (χ1n) is 13.7. The van der Waals surface area contributed by atoms with E-state index in [-0.39, 0.29) is 16.6 Å². The van der Waals surface area contributed by atoms with Crippen LogP contribution < -0.4 is 4.90 Å². The Morgan fingerprint density at radius 3 is 1.62 bits per heavy atom. The molecule has 0 saturated carbocycles. The van der Waals surface area contributed by atoms with Crippen LogP contribution in [0.5, 0.6) is 0 Å². The molecule has 3 aromatic carbocycles. The highest BCUT2D eigenvalue weighted by Crippen LogP contribution is 2.50. The molecule has 0 unspecified atom stereocenters. The smallest absolute Gasteiger partial charge is 0.197 e. The Morgan fingerprint density at radius 2 is 1.05 bits per heavy atom. The topological polar surface area (TPSA) is 20.3 Å². The fraction of sp³-hybridized carbons (Fsp3) is 0.216. The molecule has 0 aromatic heterocycles. The Hall–Kier alpha value is -4.17. The van der Waals surface area contributed by atoms with Crippen LogP contribution in [0.1, 0.15) is 68.6 Å². The summed E-state index contributed by atoms with van der Waals surface area (Å²) >= 11 is 0. The molecule has 3 aromatic rings. The van der Waals surface area contributed by atoms with Gasteiger partial charge in [0.15, 0.2) is 5.78 Å². The predicted molar refractivity (Wildman–Crippen MR) is 164 cm³/mol. The van der Waals surface area contributed by atoms with E-state index >= 15 is 0 Å². The fourth-order valence-corrected chi connectivity index (χ4v) is 5.71. The number of carbonyl (C=O) groups is 1. The highest BCUT2D eigenvalue weighted by Gasteiger charge is 2.35.